The van der Waals surface area contributed by atoms with E-state index >= 15 is 0 Å². The number of nitrogens with zero attached hydrogens (tertiary/aromatic N) is 1. The van der Waals surface area contributed by atoms with Gasteiger partial charge in [0.25, 0.3) is 5.91 Å². The van der Waals surface area contributed by atoms with Crippen LogP contribution in [0.5, 0.6) is 0 Å². The van der Waals surface area contributed by atoms with E-state index in [9.17, 15) is 9.59 Å². The number of rotatable bonds is 0. The van der Waals surface area contributed by atoms with E-state index < -0.39 is 6.03 Å². The van der Waals surface area contributed by atoms with Crippen LogP contribution >= 0.6 is 0 Å². The number of hydrogen-bond donors (Lipinski definition) is 3. The number of primary amides is 1. The fourth-order valence-corrected chi connectivity index (χ4v) is 2.20. The standard InChI is InChI=1S/C11H10N4O2/c12-11(17)15-5-6-4-13-14-10(16)7-2-1-3-8(15)9(6)7/h1-4,13H,5H2,(H2,12,17)(H,14,16). The van der Waals surface area contributed by atoms with E-state index in [0.29, 0.717) is 17.8 Å². The third-order valence-corrected chi connectivity index (χ3v) is 2.93. The van der Waals surface area contributed by atoms with Gasteiger partial charge in [0.1, 0.15) is 0 Å². The molecule has 6 heteroatoms. The molecule has 4 N–H and O–H groups in total. The molecular weight excluding hydrogens is 220 g/mol. The van der Waals surface area contributed by atoms with Crippen LogP contribution < -0.4 is 21.5 Å². The lowest BCUT2D eigenvalue weighted by molar-refractivity contribution is 0.0942. The second-order valence-corrected chi connectivity index (χ2v) is 3.89. The quantitative estimate of drug-likeness (QED) is 0.594. The molecule has 1 aromatic rings. The van der Waals surface area contributed by atoms with Crippen molar-refractivity contribution in [3.8, 4) is 0 Å². The van der Waals surface area contributed by atoms with Gasteiger partial charge < -0.3 is 11.2 Å². The van der Waals surface area contributed by atoms with E-state index in [2.05, 4.69) is 10.9 Å². The smallest absolute Gasteiger partial charge is 0.319 e. The minimum atomic E-state index is -0.521. The second-order valence-electron chi connectivity index (χ2n) is 3.89. The van der Waals surface area contributed by atoms with Crippen molar-refractivity contribution in [3.63, 3.8) is 0 Å². The maximum Gasteiger partial charge on any atom is 0.319 e. The van der Waals surface area contributed by atoms with Gasteiger partial charge in [-0.3, -0.25) is 15.1 Å². The molecule has 1 aromatic carbocycles. The van der Waals surface area contributed by atoms with Crippen LogP contribution in [0, 0.1) is 0 Å². The highest BCUT2D eigenvalue weighted by molar-refractivity contribution is 6.09. The van der Waals surface area contributed by atoms with Crippen molar-refractivity contribution in [3.05, 3.63) is 35.5 Å². The first kappa shape index (κ1) is 9.71. The molecule has 6 nitrogen and oxygen atoms in total. The summed E-state index contributed by atoms with van der Waals surface area (Å²) in [4.78, 5) is 24.5. The molecular formula is C11H10N4O2. The van der Waals surface area contributed by atoms with Crippen molar-refractivity contribution in [1.82, 2.24) is 10.9 Å². The fourth-order valence-electron chi connectivity index (χ4n) is 2.20. The van der Waals surface area contributed by atoms with Crippen molar-refractivity contribution in [1.29, 1.82) is 0 Å². The molecule has 2 aliphatic rings. The van der Waals surface area contributed by atoms with Crippen molar-refractivity contribution in [2.45, 2.75) is 0 Å². The summed E-state index contributed by atoms with van der Waals surface area (Å²) in [6.07, 6.45) is 1.68. The molecule has 0 saturated heterocycles. The summed E-state index contributed by atoms with van der Waals surface area (Å²) in [7, 11) is 0. The van der Waals surface area contributed by atoms with Gasteiger partial charge in [0.2, 0.25) is 0 Å². The molecule has 17 heavy (non-hydrogen) atoms. The largest absolute Gasteiger partial charge is 0.351 e. The monoisotopic (exact) mass is 230 g/mol. The third-order valence-electron chi connectivity index (χ3n) is 2.93. The average Bonchev–Trinajstić information content (AvgIpc) is 2.60. The number of hydrogen-bond acceptors (Lipinski definition) is 3. The Hall–Kier alpha value is -2.50. The van der Waals surface area contributed by atoms with Gasteiger partial charge in [-0.1, -0.05) is 6.07 Å². The number of benzene rings is 1. The maximum atomic E-state index is 11.8. The first-order chi connectivity index (χ1) is 8.18. The van der Waals surface area contributed by atoms with Crippen LogP contribution in [0.4, 0.5) is 10.5 Å². The number of urea groups is 1. The molecule has 2 aliphatic heterocycles. The Labute approximate surface area is 97.0 Å². The summed E-state index contributed by atoms with van der Waals surface area (Å²) in [5.41, 5.74) is 13.4. The number of carbonyl (C=O) groups is 2. The van der Waals surface area contributed by atoms with Gasteiger partial charge in [0.15, 0.2) is 0 Å². The molecule has 0 unspecified atom stereocenters. The van der Waals surface area contributed by atoms with E-state index in [1.807, 2.05) is 0 Å². The van der Waals surface area contributed by atoms with Crippen LogP contribution in [0.25, 0.3) is 5.57 Å². The Morgan fingerprint density at radius 2 is 2.24 bits per heavy atom. The summed E-state index contributed by atoms with van der Waals surface area (Å²) >= 11 is 0. The van der Waals surface area contributed by atoms with Gasteiger partial charge in [0, 0.05) is 11.8 Å². The Morgan fingerprint density at radius 1 is 1.41 bits per heavy atom. The van der Waals surface area contributed by atoms with Crippen molar-refractivity contribution >= 4 is 23.2 Å². The van der Waals surface area contributed by atoms with E-state index in [0.717, 1.165) is 11.1 Å². The Bertz CT molecular complexity index is 565. The number of hydrazine groups is 1. The van der Waals surface area contributed by atoms with E-state index in [1.54, 1.807) is 24.4 Å². The average molecular weight is 230 g/mol. The van der Waals surface area contributed by atoms with Crippen LogP contribution in [-0.4, -0.2) is 18.5 Å². The Kier molecular flexibility index (Phi) is 1.85. The molecule has 0 aromatic heterocycles. The lowest BCUT2D eigenvalue weighted by atomic mass is 10.0. The molecule has 0 aliphatic carbocycles. The lowest BCUT2D eigenvalue weighted by Gasteiger charge is -2.14. The molecule has 0 spiro atoms. The zero-order valence-electron chi connectivity index (χ0n) is 8.86. The third kappa shape index (κ3) is 1.27. The van der Waals surface area contributed by atoms with Crippen molar-refractivity contribution in [2.75, 3.05) is 11.4 Å². The van der Waals surface area contributed by atoms with Gasteiger partial charge >= 0.3 is 6.03 Å². The van der Waals surface area contributed by atoms with Gasteiger partial charge in [-0.15, -0.1) is 0 Å². The van der Waals surface area contributed by atoms with Gasteiger partial charge in [0.05, 0.1) is 17.8 Å². The lowest BCUT2D eigenvalue weighted by Crippen LogP contribution is -2.35. The summed E-state index contributed by atoms with van der Waals surface area (Å²) in [6.45, 7) is 0.379. The summed E-state index contributed by atoms with van der Waals surface area (Å²) in [5.74, 6) is -0.223. The summed E-state index contributed by atoms with van der Waals surface area (Å²) < 4.78 is 0. The summed E-state index contributed by atoms with van der Waals surface area (Å²) in [5, 5.41) is 0. The molecule has 0 bridgehead atoms. The van der Waals surface area contributed by atoms with Gasteiger partial charge in [-0.25, -0.2) is 4.79 Å². The van der Waals surface area contributed by atoms with Gasteiger partial charge in [-0.2, -0.15) is 0 Å². The predicted octanol–water partition coefficient (Wildman–Crippen LogP) is 0.174. The Balaban J connectivity index is 2.26. The molecule has 0 atom stereocenters. The molecule has 3 amide bonds. The van der Waals surface area contributed by atoms with Crippen LogP contribution in [0.2, 0.25) is 0 Å². The first-order valence-corrected chi connectivity index (χ1v) is 5.14. The maximum absolute atomic E-state index is 11.8. The normalized spacial score (nSPS) is 16.6. The zero-order valence-corrected chi connectivity index (χ0v) is 8.86. The highest BCUT2D eigenvalue weighted by atomic mass is 16.2. The zero-order chi connectivity index (χ0) is 12.0. The van der Waals surface area contributed by atoms with Crippen LogP contribution in [-0.2, 0) is 0 Å². The highest BCUT2D eigenvalue weighted by Crippen LogP contribution is 2.38. The predicted molar refractivity (Wildman–Crippen MR) is 62.0 cm³/mol. The van der Waals surface area contributed by atoms with Crippen molar-refractivity contribution in [2.24, 2.45) is 5.73 Å². The number of carbonyl (C=O) groups excluding carboxylic acids is 2. The second kappa shape index (κ2) is 3.24. The molecule has 0 radical (unpaired) electrons. The topological polar surface area (TPSA) is 87.5 Å². The molecule has 3 rings (SSSR count). The van der Waals surface area contributed by atoms with E-state index in [4.69, 9.17) is 5.73 Å². The van der Waals surface area contributed by atoms with Crippen LogP contribution in [0.15, 0.2) is 24.4 Å². The number of nitrogens with one attached hydrogen (secondary N) is 2. The highest BCUT2D eigenvalue weighted by Gasteiger charge is 2.31. The fraction of sp³-hybridized carbons (Fsp3) is 0.0909. The minimum Gasteiger partial charge on any atom is -0.351 e. The van der Waals surface area contributed by atoms with E-state index in [1.165, 1.54) is 4.90 Å². The van der Waals surface area contributed by atoms with Crippen LogP contribution in [0.1, 0.15) is 15.9 Å². The Morgan fingerprint density at radius 3 is 3.00 bits per heavy atom. The van der Waals surface area contributed by atoms with Gasteiger partial charge in [-0.05, 0) is 17.7 Å². The number of amides is 3. The van der Waals surface area contributed by atoms with E-state index in [-0.39, 0.29) is 5.91 Å². The molecule has 0 fully saturated rings. The molecule has 0 saturated carbocycles. The van der Waals surface area contributed by atoms with Crippen molar-refractivity contribution < 1.29 is 9.59 Å². The first-order valence-electron chi connectivity index (χ1n) is 5.14. The molecule has 2 heterocycles. The minimum absolute atomic E-state index is 0.223. The summed E-state index contributed by atoms with van der Waals surface area (Å²) in [6, 6.07) is 4.72. The van der Waals surface area contributed by atoms with Crippen LogP contribution in [0.3, 0.4) is 0 Å². The molecule has 86 valence electrons. The number of anilines is 1. The SMILES string of the molecule is NC(=O)N1CC2=CNNC(=O)c3cccc1c32. The number of nitrogens with two attached hydrogens (primary N) is 1.